The molecule has 11 heteroatoms. The third-order valence-corrected chi connectivity index (χ3v) is 8.73. The van der Waals surface area contributed by atoms with E-state index in [9.17, 15) is 23.3 Å². The number of amides is 1. The Kier molecular flexibility index (Phi) is 6.22. The van der Waals surface area contributed by atoms with Crippen LogP contribution in [0.3, 0.4) is 0 Å². The van der Waals surface area contributed by atoms with E-state index in [1.165, 1.54) is 27.4 Å². The smallest absolute Gasteiger partial charge is 0.271 e. The molecule has 2 aliphatic rings. The Morgan fingerprint density at radius 3 is 2.49 bits per heavy atom. The summed E-state index contributed by atoms with van der Waals surface area (Å²) < 4.78 is 35.1. The van der Waals surface area contributed by atoms with Gasteiger partial charge in [0, 0.05) is 54.8 Å². The van der Waals surface area contributed by atoms with Gasteiger partial charge in [-0.25, -0.2) is 8.42 Å². The second-order valence-electron chi connectivity index (χ2n) is 9.06. The lowest BCUT2D eigenvalue weighted by Gasteiger charge is -2.26. The fourth-order valence-corrected chi connectivity index (χ4v) is 6.33. The zero-order valence-corrected chi connectivity index (χ0v) is 21.5. The van der Waals surface area contributed by atoms with Crippen LogP contribution < -0.4 is 4.90 Å². The van der Waals surface area contributed by atoms with Crippen molar-refractivity contribution in [3.05, 3.63) is 81.2 Å². The van der Waals surface area contributed by atoms with E-state index < -0.39 is 14.9 Å². The second kappa shape index (κ2) is 9.25. The van der Waals surface area contributed by atoms with E-state index in [1.807, 2.05) is 24.5 Å². The summed E-state index contributed by atoms with van der Waals surface area (Å²) in [6, 6.07) is 13.0. The number of benzene rings is 2. The molecule has 5 rings (SSSR count). The number of likely N-dealkylation sites (N-methyl/N-ethyl adjacent to an activating group) is 1. The molecule has 0 unspecified atom stereocenters. The number of sulfonamides is 1. The molecule has 1 aromatic heterocycles. The van der Waals surface area contributed by atoms with Crippen LogP contribution >= 0.6 is 0 Å². The first-order valence-electron chi connectivity index (χ1n) is 11.8. The standard InChI is InChI=1S/C26H26N4O6S/c1-17-13-19(18(2)29(17)20-5-4-6-21(15-20)30(32)33)14-24-23-16-22(7-8-25(23)27(3)26(24)31)37(34,35)28-9-11-36-12-10-28/h4-8,13-16H,9-12H2,1-3H3/b24-14-. The molecule has 3 heterocycles. The van der Waals surface area contributed by atoms with E-state index in [1.54, 1.807) is 37.4 Å². The van der Waals surface area contributed by atoms with Crippen LogP contribution in [-0.4, -0.2) is 61.5 Å². The van der Waals surface area contributed by atoms with Gasteiger partial charge in [0.15, 0.2) is 0 Å². The molecule has 0 spiro atoms. The lowest BCUT2D eigenvalue weighted by Crippen LogP contribution is -2.40. The third kappa shape index (κ3) is 4.24. The molecule has 192 valence electrons. The number of carbonyl (C=O) groups is 1. The molecule has 1 saturated heterocycles. The van der Waals surface area contributed by atoms with E-state index in [-0.39, 0.29) is 29.6 Å². The van der Waals surface area contributed by atoms with Crippen molar-refractivity contribution in [2.45, 2.75) is 18.7 Å². The molecule has 2 aliphatic heterocycles. The van der Waals surface area contributed by atoms with E-state index in [0.29, 0.717) is 35.7 Å². The lowest BCUT2D eigenvalue weighted by atomic mass is 10.0. The Morgan fingerprint density at radius 1 is 1.05 bits per heavy atom. The topological polar surface area (TPSA) is 115 Å². The number of hydrogen-bond donors (Lipinski definition) is 0. The Balaban J connectivity index is 1.58. The van der Waals surface area contributed by atoms with Crippen molar-refractivity contribution in [1.82, 2.24) is 8.87 Å². The quantitative estimate of drug-likeness (QED) is 0.288. The average Bonchev–Trinajstić information content (AvgIpc) is 3.31. The van der Waals surface area contributed by atoms with Gasteiger partial charge < -0.3 is 14.2 Å². The summed E-state index contributed by atoms with van der Waals surface area (Å²) in [5.74, 6) is -0.240. The molecule has 37 heavy (non-hydrogen) atoms. The Hall–Kier alpha value is -3.80. The molecule has 1 amide bonds. The molecule has 0 saturated carbocycles. The van der Waals surface area contributed by atoms with E-state index in [4.69, 9.17) is 4.74 Å². The zero-order chi connectivity index (χ0) is 26.5. The van der Waals surface area contributed by atoms with Gasteiger partial charge in [-0.2, -0.15) is 4.31 Å². The van der Waals surface area contributed by atoms with Gasteiger partial charge in [-0.3, -0.25) is 14.9 Å². The summed E-state index contributed by atoms with van der Waals surface area (Å²) in [5, 5.41) is 11.3. The normalized spacial score (nSPS) is 17.4. The molecule has 0 atom stereocenters. The first kappa shape index (κ1) is 24.9. The van der Waals surface area contributed by atoms with E-state index >= 15 is 0 Å². The maximum atomic E-state index is 13.3. The van der Waals surface area contributed by atoms with Gasteiger partial charge in [-0.05, 0) is 55.8 Å². The van der Waals surface area contributed by atoms with Crippen LogP contribution in [0.5, 0.6) is 0 Å². The summed E-state index contributed by atoms with van der Waals surface area (Å²) in [6.45, 7) is 5.02. The second-order valence-corrected chi connectivity index (χ2v) is 11.0. The number of carbonyl (C=O) groups excluding carboxylic acids is 1. The van der Waals surface area contributed by atoms with Crippen molar-refractivity contribution in [2.24, 2.45) is 0 Å². The number of aromatic nitrogens is 1. The number of anilines is 1. The lowest BCUT2D eigenvalue weighted by molar-refractivity contribution is -0.384. The van der Waals surface area contributed by atoms with Crippen molar-refractivity contribution >= 4 is 39.0 Å². The molecule has 0 radical (unpaired) electrons. The molecule has 2 aromatic carbocycles. The molecular weight excluding hydrogens is 496 g/mol. The van der Waals surface area contributed by atoms with Gasteiger partial charge in [0.05, 0.1) is 34.4 Å². The largest absolute Gasteiger partial charge is 0.379 e. The monoisotopic (exact) mass is 522 g/mol. The van der Waals surface area contributed by atoms with Gasteiger partial charge in [0.25, 0.3) is 11.6 Å². The molecule has 0 bridgehead atoms. The van der Waals surface area contributed by atoms with Crippen molar-refractivity contribution in [1.29, 1.82) is 0 Å². The predicted molar refractivity (Wildman–Crippen MR) is 139 cm³/mol. The minimum Gasteiger partial charge on any atom is -0.379 e. The number of nitrogens with zero attached hydrogens (tertiary/aromatic N) is 4. The summed E-state index contributed by atoms with van der Waals surface area (Å²) in [7, 11) is -2.08. The number of fused-ring (bicyclic) bond motifs is 1. The first-order valence-corrected chi connectivity index (χ1v) is 13.2. The van der Waals surface area contributed by atoms with Gasteiger partial charge in [-0.1, -0.05) is 6.07 Å². The van der Waals surface area contributed by atoms with Crippen LogP contribution in [0.25, 0.3) is 17.3 Å². The fourth-order valence-electron chi connectivity index (χ4n) is 4.90. The minimum absolute atomic E-state index is 0.0135. The number of nitro benzene ring substituents is 1. The molecular formula is C26H26N4O6S. The maximum absolute atomic E-state index is 13.3. The Labute approximate surface area is 214 Å². The van der Waals surface area contributed by atoms with Crippen molar-refractivity contribution in [3.63, 3.8) is 0 Å². The fraction of sp³-hybridized carbons (Fsp3) is 0.269. The third-order valence-electron chi connectivity index (χ3n) is 6.83. The number of morpholine rings is 1. The van der Waals surface area contributed by atoms with Crippen LogP contribution in [0, 0.1) is 24.0 Å². The van der Waals surface area contributed by atoms with Crippen LogP contribution in [0.4, 0.5) is 11.4 Å². The predicted octanol–water partition coefficient (Wildman–Crippen LogP) is 3.54. The molecule has 0 aliphatic carbocycles. The number of rotatable bonds is 5. The molecule has 0 N–H and O–H groups in total. The van der Waals surface area contributed by atoms with Crippen molar-refractivity contribution < 1.29 is 22.9 Å². The summed E-state index contributed by atoms with van der Waals surface area (Å²) in [6.07, 6.45) is 1.76. The van der Waals surface area contributed by atoms with Crippen LogP contribution in [0.2, 0.25) is 0 Å². The highest BCUT2D eigenvalue weighted by Crippen LogP contribution is 2.39. The number of hydrogen-bond acceptors (Lipinski definition) is 6. The maximum Gasteiger partial charge on any atom is 0.271 e. The summed E-state index contributed by atoms with van der Waals surface area (Å²) in [4.78, 5) is 25.7. The van der Waals surface area contributed by atoms with Gasteiger partial charge >= 0.3 is 0 Å². The SMILES string of the molecule is Cc1cc(/C=C2\C(=O)N(C)c3ccc(S(=O)(=O)N4CCOCC4)cc32)c(C)n1-c1cccc([N+](=O)[O-])c1. The van der Waals surface area contributed by atoms with E-state index in [2.05, 4.69) is 0 Å². The highest BCUT2D eigenvalue weighted by molar-refractivity contribution is 7.89. The Morgan fingerprint density at radius 2 is 1.78 bits per heavy atom. The number of non-ortho nitro benzene ring substituents is 1. The average molecular weight is 523 g/mol. The minimum atomic E-state index is -3.74. The van der Waals surface area contributed by atoms with Crippen LogP contribution in [0.1, 0.15) is 22.5 Å². The number of ether oxygens (including phenoxy) is 1. The van der Waals surface area contributed by atoms with Gasteiger partial charge in [0.1, 0.15) is 0 Å². The van der Waals surface area contributed by atoms with Crippen LogP contribution in [-0.2, 0) is 19.6 Å². The highest BCUT2D eigenvalue weighted by Gasteiger charge is 2.33. The van der Waals surface area contributed by atoms with Gasteiger partial charge in [-0.15, -0.1) is 0 Å². The zero-order valence-electron chi connectivity index (χ0n) is 20.7. The molecule has 3 aromatic rings. The van der Waals surface area contributed by atoms with Crippen molar-refractivity contribution in [2.75, 3.05) is 38.3 Å². The highest BCUT2D eigenvalue weighted by atomic mass is 32.2. The van der Waals surface area contributed by atoms with Gasteiger partial charge in [0.2, 0.25) is 10.0 Å². The molecule has 10 nitrogen and oxygen atoms in total. The first-order chi connectivity index (χ1) is 17.6. The van der Waals surface area contributed by atoms with Crippen LogP contribution in [0.15, 0.2) is 53.4 Å². The Bertz CT molecular complexity index is 1570. The number of aryl methyl sites for hydroxylation is 1. The van der Waals surface area contributed by atoms with E-state index in [0.717, 1.165) is 17.0 Å². The van der Waals surface area contributed by atoms with Crippen molar-refractivity contribution in [3.8, 4) is 5.69 Å². The number of nitro groups is 1. The molecule has 1 fully saturated rings. The summed E-state index contributed by atoms with van der Waals surface area (Å²) >= 11 is 0. The summed E-state index contributed by atoms with van der Waals surface area (Å²) in [5.41, 5.74) is 4.58.